The SMILES string of the molecule is COCCCn1cc(CN(C(=O)[N+]2(C(=O)[O-])CCOCC2)C2CC2)c2ccc(Br)cc21. The van der Waals surface area contributed by atoms with Gasteiger partial charge in [0.1, 0.15) is 13.1 Å². The van der Waals surface area contributed by atoms with Crippen LogP contribution in [0.4, 0.5) is 9.59 Å². The van der Waals surface area contributed by atoms with E-state index in [0.29, 0.717) is 13.2 Å². The fourth-order valence-corrected chi connectivity index (χ4v) is 4.66. The van der Waals surface area contributed by atoms with E-state index in [2.05, 4.69) is 38.8 Å². The first-order valence-electron chi connectivity index (χ1n) is 10.7. The van der Waals surface area contributed by atoms with Crippen molar-refractivity contribution in [2.45, 2.75) is 38.4 Å². The number of benzene rings is 1. The zero-order valence-corrected chi connectivity index (χ0v) is 19.3. The molecule has 2 aromatic rings. The van der Waals surface area contributed by atoms with E-state index < -0.39 is 10.6 Å². The van der Waals surface area contributed by atoms with Crippen molar-refractivity contribution < 1.29 is 28.7 Å². The van der Waals surface area contributed by atoms with Crippen molar-refractivity contribution in [1.29, 1.82) is 0 Å². The normalized spacial score (nSPS) is 18.3. The number of nitrogens with zero attached hydrogens (tertiary/aromatic N) is 3. The van der Waals surface area contributed by atoms with Crippen LogP contribution >= 0.6 is 15.9 Å². The van der Waals surface area contributed by atoms with Crippen molar-refractivity contribution in [2.75, 3.05) is 40.0 Å². The van der Waals surface area contributed by atoms with Crippen LogP contribution in [0.5, 0.6) is 0 Å². The van der Waals surface area contributed by atoms with Crippen molar-refractivity contribution >= 4 is 39.0 Å². The molecule has 1 aromatic carbocycles. The van der Waals surface area contributed by atoms with Crippen LogP contribution in [0.2, 0.25) is 0 Å². The quantitative estimate of drug-likeness (QED) is 0.437. The zero-order chi connectivity index (χ0) is 22.0. The van der Waals surface area contributed by atoms with Crippen molar-refractivity contribution in [3.05, 3.63) is 34.4 Å². The van der Waals surface area contributed by atoms with Gasteiger partial charge in [-0.25, -0.2) is 4.79 Å². The number of morpholine rings is 1. The fraction of sp³-hybridized carbons (Fsp3) is 0.545. The lowest BCUT2D eigenvalue weighted by Gasteiger charge is -2.40. The Morgan fingerprint density at radius 3 is 2.71 bits per heavy atom. The standard InChI is InChI=1S/C22H28BrN3O5/c1-30-10-2-7-24-14-16(19-6-3-17(23)13-20(19)24)15-25(18-4-5-18)21(27)26(22(28)29)8-11-31-12-9-26/h3,6,13-14,18H,2,4-5,7-12,15H2,1H3. The Kier molecular flexibility index (Phi) is 6.66. The number of urea groups is 1. The summed E-state index contributed by atoms with van der Waals surface area (Å²) in [5, 5.41) is 13.1. The van der Waals surface area contributed by atoms with Crippen molar-refractivity contribution in [1.82, 2.24) is 9.47 Å². The average molecular weight is 494 g/mol. The molecule has 31 heavy (non-hydrogen) atoms. The topological polar surface area (TPSA) is 83.8 Å². The van der Waals surface area contributed by atoms with Gasteiger partial charge in [-0.1, -0.05) is 22.0 Å². The molecular weight excluding hydrogens is 466 g/mol. The van der Waals surface area contributed by atoms with Crippen LogP contribution < -0.4 is 5.11 Å². The molecule has 0 bridgehead atoms. The largest absolute Gasteiger partial charge is 0.498 e. The minimum absolute atomic E-state index is 0.0760. The number of carbonyl (C=O) groups is 2. The summed E-state index contributed by atoms with van der Waals surface area (Å²) in [5.74, 6) is 0. The van der Waals surface area contributed by atoms with E-state index in [-0.39, 0.29) is 38.4 Å². The van der Waals surface area contributed by atoms with Crippen LogP contribution in [0, 0.1) is 0 Å². The first-order valence-corrected chi connectivity index (χ1v) is 11.5. The number of methoxy groups -OCH3 is 1. The number of aryl methyl sites for hydroxylation is 1. The summed E-state index contributed by atoms with van der Waals surface area (Å²) in [6, 6.07) is 5.81. The number of aromatic nitrogens is 1. The molecule has 0 atom stereocenters. The molecule has 0 radical (unpaired) electrons. The first-order chi connectivity index (χ1) is 15.0. The highest BCUT2D eigenvalue weighted by Crippen LogP contribution is 2.34. The highest BCUT2D eigenvalue weighted by molar-refractivity contribution is 9.10. The number of fused-ring (bicyclic) bond motifs is 1. The fourth-order valence-electron chi connectivity index (χ4n) is 4.31. The number of halogens is 1. The Hall–Kier alpha value is -1.94. The molecule has 168 valence electrons. The number of carbonyl (C=O) groups excluding carboxylic acids is 2. The van der Waals surface area contributed by atoms with E-state index in [4.69, 9.17) is 9.47 Å². The molecule has 4 rings (SSSR count). The zero-order valence-electron chi connectivity index (χ0n) is 17.7. The number of rotatable bonds is 7. The summed E-state index contributed by atoms with van der Waals surface area (Å²) >= 11 is 3.55. The first kappa shape index (κ1) is 22.3. The van der Waals surface area contributed by atoms with E-state index in [9.17, 15) is 14.7 Å². The highest BCUT2D eigenvalue weighted by atomic mass is 79.9. The molecule has 8 nitrogen and oxygen atoms in total. The second-order valence-corrected chi connectivity index (χ2v) is 9.21. The summed E-state index contributed by atoms with van der Waals surface area (Å²) in [7, 11) is 1.69. The number of carboxylic acid groups (broad SMARTS) is 1. The predicted molar refractivity (Wildman–Crippen MR) is 116 cm³/mol. The average Bonchev–Trinajstić information content (AvgIpc) is 3.55. The van der Waals surface area contributed by atoms with E-state index in [1.54, 1.807) is 12.0 Å². The maximum atomic E-state index is 13.5. The van der Waals surface area contributed by atoms with Gasteiger partial charge in [0.2, 0.25) is 0 Å². The van der Waals surface area contributed by atoms with Crippen LogP contribution in [0.15, 0.2) is 28.9 Å². The number of imide groups is 1. The second-order valence-electron chi connectivity index (χ2n) is 8.29. The smallest absolute Gasteiger partial charge is 0.426 e. The molecule has 1 aliphatic carbocycles. The maximum absolute atomic E-state index is 13.5. The molecule has 1 aromatic heterocycles. The van der Waals surface area contributed by atoms with Gasteiger partial charge in [0.25, 0.3) is 6.09 Å². The summed E-state index contributed by atoms with van der Waals surface area (Å²) in [6.07, 6.45) is 3.41. The Balaban J connectivity index is 1.65. The van der Waals surface area contributed by atoms with Crippen molar-refractivity contribution in [3.8, 4) is 0 Å². The third-order valence-corrected chi connectivity index (χ3v) is 6.69. The summed E-state index contributed by atoms with van der Waals surface area (Å²) in [5.41, 5.74) is 2.10. The molecule has 2 fully saturated rings. The van der Waals surface area contributed by atoms with Gasteiger partial charge >= 0.3 is 6.03 Å². The molecule has 3 amide bonds. The molecule has 0 spiro atoms. The minimum atomic E-state index is -1.34. The number of hydrogen-bond donors (Lipinski definition) is 0. The minimum Gasteiger partial charge on any atom is -0.498 e. The number of hydrogen-bond acceptors (Lipinski definition) is 5. The van der Waals surface area contributed by atoms with E-state index in [0.717, 1.165) is 46.7 Å². The van der Waals surface area contributed by atoms with E-state index >= 15 is 0 Å². The van der Waals surface area contributed by atoms with E-state index in [1.165, 1.54) is 0 Å². The highest BCUT2D eigenvalue weighted by Gasteiger charge is 2.48. The summed E-state index contributed by atoms with van der Waals surface area (Å²) in [6.45, 7) is 2.55. The van der Waals surface area contributed by atoms with Gasteiger partial charge in [-0.2, -0.15) is 4.48 Å². The molecule has 2 heterocycles. The van der Waals surface area contributed by atoms with E-state index in [1.807, 2.05) is 6.07 Å². The van der Waals surface area contributed by atoms with Crippen LogP contribution in [-0.2, 0) is 22.6 Å². The molecule has 1 saturated carbocycles. The molecule has 9 heteroatoms. The second kappa shape index (κ2) is 9.28. The number of ether oxygens (including phenoxy) is 2. The Morgan fingerprint density at radius 2 is 2.06 bits per heavy atom. The number of amides is 3. The van der Waals surface area contributed by atoms with Gasteiger partial charge in [0.05, 0.1) is 19.8 Å². The lowest BCUT2D eigenvalue weighted by Crippen LogP contribution is -2.69. The molecule has 1 saturated heterocycles. The third kappa shape index (κ3) is 4.50. The summed E-state index contributed by atoms with van der Waals surface area (Å²) in [4.78, 5) is 27.3. The van der Waals surface area contributed by atoms with Gasteiger partial charge in [-0.05, 0) is 37.0 Å². The predicted octanol–water partition coefficient (Wildman–Crippen LogP) is 2.72. The lowest BCUT2D eigenvalue weighted by molar-refractivity contribution is -0.813. The molecule has 0 unspecified atom stereocenters. The van der Waals surface area contributed by atoms with Crippen LogP contribution in [0.1, 0.15) is 24.8 Å². The molecule has 2 aliphatic rings. The monoisotopic (exact) mass is 493 g/mol. The van der Waals surface area contributed by atoms with Gasteiger partial charge < -0.3 is 23.9 Å². The van der Waals surface area contributed by atoms with Crippen LogP contribution in [-0.4, -0.2) is 72.1 Å². The maximum Gasteiger partial charge on any atom is 0.426 e. The molecule has 1 aliphatic heterocycles. The summed E-state index contributed by atoms with van der Waals surface area (Å²) < 4.78 is 13.0. The van der Waals surface area contributed by atoms with Crippen molar-refractivity contribution in [3.63, 3.8) is 0 Å². The number of quaternary nitrogens is 1. The van der Waals surface area contributed by atoms with Crippen LogP contribution in [0.25, 0.3) is 10.9 Å². The van der Waals surface area contributed by atoms with Gasteiger partial charge in [0, 0.05) is 47.9 Å². The van der Waals surface area contributed by atoms with Crippen molar-refractivity contribution in [2.24, 2.45) is 0 Å². The Morgan fingerprint density at radius 1 is 1.32 bits per heavy atom. The molecule has 0 N–H and O–H groups in total. The Bertz CT molecular complexity index is 965. The third-order valence-electron chi connectivity index (χ3n) is 6.20. The van der Waals surface area contributed by atoms with Gasteiger partial charge in [-0.3, -0.25) is 4.90 Å². The lowest BCUT2D eigenvalue weighted by atomic mass is 10.1. The van der Waals surface area contributed by atoms with Gasteiger partial charge in [0.15, 0.2) is 0 Å². The van der Waals surface area contributed by atoms with Crippen LogP contribution in [0.3, 0.4) is 0 Å². The molecular formula is C22H28BrN3O5. The van der Waals surface area contributed by atoms with Gasteiger partial charge in [-0.15, -0.1) is 0 Å². The Labute approximate surface area is 190 Å².